The Hall–Kier alpha value is -4.27. The molecular formula is C34H38N4O4. The Morgan fingerprint density at radius 2 is 1.67 bits per heavy atom. The van der Waals surface area contributed by atoms with Crippen molar-refractivity contribution < 1.29 is 19.1 Å². The molecule has 0 saturated carbocycles. The van der Waals surface area contributed by atoms with E-state index in [1.165, 1.54) is 12.5 Å². The topological polar surface area (TPSA) is 92.8 Å². The van der Waals surface area contributed by atoms with Crippen LogP contribution in [-0.4, -0.2) is 62.2 Å². The molecule has 2 atom stereocenters. The number of rotatable bonds is 11. The molecule has 1 aromatic heterocycles. The van der Waals surface area contributed by atoms with Crippen molar-refractivity contribution in [1.82, 2.24) is 9.88 Å². The Balaban J connectivity index is 1.38. The summed E-state index contributed by atoms with van der Waals surface area (Å²) in [6.45, 7) is 4.95. The van der Waals surface area contributed by atoms with E-state index in [1.54, 1.807) is 20.3 Å². The van der Waals surface area contributed by atoms with E-state index in [-0.39, 0.29) is 11.8 Å². The largest absolute Gasteiger partial charge is 0.495 e. The number of carbonyl (C=O) groups excluding carboxylic acids is 2. The van der Waals surface area contributed by atoms with Crippen molar-refractivity contribution >= 4 is 34.1 Å². The van der Waals surface area contributed by atoms with Crippen molar-refractivity contribution in [3.05, 3.63) is 84.4 Å². The van der Waals surface area contributed by atoms with E-state index >= 15 is 0 Å². The molecule has 42 heavy (non-hydrogen) atoms. The van der Waals surface area contributed by atoms with Crippen LogP contribution in [0.15, 0.2) is 78.9 Å². The molecule has 4 aromatic rings. The third-order valence-electron chi connectivity index (χ3n) is 7.87. The summed E-state index contributed by atoms with van der Waals surface area (Å²) in [7, 11) is 3.29. The second-order valence-electron chi connectivity index (χ2n) is 10.8. The molecule has 1 aliphatic heterocycles. The maximum absolute atomic E-state index is 13.4. The Kier molecular flexibility index (Phi) is 9.46. The van der Waals surface area contributed by atoms with E-state index in [9.17, 15) is 9.59 Å². The van der Waals surface area contributed by atoms with Crippen LogP contribution in [0, 0.1) is 5.92 Å². The minimum atomic E-state index is -0.196. The first-order chi connectivity index (χ1) is 20.4. The van der Waals surface area contributed by atoms with Crippen molar-refractivity contribution in [3.63, 3.8) is 0 Å². The molecule has 218 valence electrons. The highest BCUT2D eigenvalue weighted by atomic mass is 16.5. The van der Waals surface area contributed by atoms with Crippen LogP contribution in [0.5, 0.6) is 5.75 Å². The van der Waals surface area contributed by atoms with Gasteiger partial charge in [-0.15, -0.1) is 0 Å². The number of hydrogen-bond donors (Lipinski definition) is 2. The summed E-state index contributed by atoms with van der Waals surface area (Å²) >= 11 is 0. The molecule has 2 heterocycles. The number of amides is 2. The van der Waals surface area contributed by atoms with Crippen molar-refractivity contribution in [1.29, 1.82) is 0 Å². The number of ether oxygens (including phenoxy) is 2. The van der Waals surface area contributed by atoms with Crippen LogP contribution in [0.3, 0.4) is 0 Å². The maximum Gasteiger partial charge on any atom is 0.224 e. The highest BCUT2D eigenvalue weighted by molar-refractivity contribution is 6.00. The first kappa shape index (κ1) is 29.2. The number of aromatic nitrogens is 1. The van der Waals surface area contributed by atoms with E-state index < -0.39 is 0 Å². The standard InChI is InChI=1S/C34H38N4O4/c1-23(39)35-30-20-29-27(19-32(30)42-3)18-31(34(37-29)25-12-8-5-9-13-25)36-33(40)15-14-26-21-38(16-17-41-2)22-28(26)24-10-6-4-7-11-24/h4-13,18-20,26,28H,14-17,21-22H2,1-3H3,(H,35,39)(H,36,40)/t26-,28+/m1/s1. The van der Waals surface area contributed by atoms with Gasteiger partial charge in [-0.05, 0) is 36.1 Å². The third kappa shape index (κ3) is 6.95. The van der Waals surface area contributed by atoms with Crippen molar-refractivity contribution in [3.8, 4) is 17.0 Å². The molecule has 8 nitrogen and oxygen atoms in total. The number of hydrogen-bond acceptors (Lipinski definition) is 6. The van der Waals surface area contributed by atoms with Crippen molar-refractivity contribution in [2.75, 3.05) is 51.1 Å². The highest BCUT2D eigenvalue weighted by Gasteiger charge is 2.33. The van der Waals surface area contributed by atoms with Crippen LogP contribution in [0.25, 0.3) is 22.2 Å². The number of nitrogens with one attached hydrogen (secondary N) is 2. The van der Waals surface area contributed by atoms with Gasteiger partial charge in [-0.3, -0.25) is 9.59 Å². The lowest BCUT2D eigenvalue weighted by molar-refractivity contribution is -0.116. The van der Waals surface area contributed by atoms with Crippen LogP contribution >= 0.6 is 0 Å². The summed E-state index contributed by atoms with van der Waals surface area (Å²) in [4.78, 5) is 32.6. The zero-order chi connectivity index (χ0) is 29.5. The van der Waals surface area contributed by atoms with E-state index in [4.69, 9.17) is 14.5 Å². The quantitative estimate of drug-likeness (QED) is 0.233. The van der Waals surface area contributed by atoms with E-state index in [2.05, 4.69) is 39.8 Å². The Morgan fingerprint density at radius 3 is 2.36 bits per heavy atom. The summed E-state index contributed by atoms with van der Waals surface area (Å²) < 4.78 is 10.8. The van der Waals surface area contributed by atoms with Gasteiger partial charge < -0.3 is 25.0 Å². The number of pyridine rings is 1. The van der Waals surface area contributed by atoms with Gasteiger partial charge in [-0.25, -0.2) is 4.98 Å². The highest BCUT2D eigenvalue weighted by Crippen LogP contribution is 2.37. The van der Waals surface area contributed by atoms with Gasteiger partial charge in [0, 0.05) is 57.0 Å². The number of carbonyl (C=O) groups is 2. The fourth-order valence-corrected chi connectivity index (χ4v) is 5.83. The fourth-order valence-electron chi connectivity index (χ4n) is 5.83. The zero-order valence-electron chi connectivity index (χ0n) is 24.4. The molecule has 0 unspecified atom stereocenters. The van der Waals surface area contributed by atoms with Crippen LogP contribution in [0.4, 0.5) is 11.4 Å². The summed E-state index contributed by atoms with van der Waals surface area (Å²) in [5.41, 5.74) is 4.75. The molecule has 2 amide bonds. The van der Waals surface area contributed by atoms with E-state index in [1.807, 2.05) is 48.5 Å². The third-order valence-corrected chi connectivity index (χ3v) is 7.87. The fraction of sp³-hybridized carbons (Fsp3) is 0.324. The number of likely N-dealkylation sites (tertiary alicyclic amines) is 1. The van der Waals surface area contributed by atoms with E-state index in [0.29, 0.717) is 53.2 Å². The molecule has 1 aliphatic rings. The second-order valence-corrected chi connectivity index (χ2v) is 10.8. The molecule has 2 N–H and O–H groups in total. The lowest BCUT2D eigenvalue weighted by atomic mass is 9.86. The van der Waals surface area contributed by atoms with Crippen LogP contribution in [0.2, 0.25) is 0 Å². The van der Waals surface area contributed by atoms with Crippen molar-refractivity contribution in [2.45, 2.75) is 25.7 Å². The number of benzene rings is 3. The van der Waals surface area contributed by atoms with Crippen LogP contribution in [-0.2, 0) is 14.3 Å². The molecule has 1 saturated heterocycles. The monoisotopic (exact) mass is 566 g/mol. The van der Waals surface area contributed by atoms with Crippen molar-refractivity contribution in [2.24, 2.45) is 5.92 Å². The molecule has 5 rings (SSSR count). The minimum absolute atomic E-state index is 0.0442. The first-order valence-corrected chi connectivity index (χ1v) is 14.4. The minimum Gasteiger partial charge on any atom is -0.495 e. The Labute approximate surface area is 247 Å². The summed E-state index contributed by atoms with van der Waals surface area (Å²) in [5, 5.41) is 6.77. The van der Waals surface area contributed by atoms with E-state index in [0.717, 1.165) is 37.0 Å². The lowest BCUT2D eigenvalue weighted by Gasteiger charge is -2.19. The summed E-state index contributed by atoms with van der Waals surface area (Å²) in [5.74, 6) is 1.03. The van der Waals surface area contributed by atoms with Gasteiger partial charge in [0.05, 0.1) is 36.3 Å². The molecule has 0 spiro atoms. The maximum atomic E-state index is 13.4. The van der Waals surface area contributed by atoms with Gasteiger partial charge in [0.15, 0.2) is 0 Å². The number of anilines is 2. The number of methoxy groups -OCH3 is 2. The first-order valence-electron chi connectivity index (χ1n) is 14.4. The molecule has 0 aliphatic carbocycles. The predicted octanol–water partition coefficient (Wildman–Crippen LogP) is 5.95. The molecule has 0 bridgehead atoms. The SMILES string of the molecule is COCCN1C[C@@H](CCC(=O)Nc2cc3cc(OC)c(NC(C)=O)cc3nc2-c2ccccc2)[C@H](c2ccccc2)C1. The number of nitrogens with zero attached hydrogens (tertiary/aromatic N) is 2. The molecule has 8 heteroatoms. The van der Waals surface area contributed by atoms with Gasteiger partial charge in [0.2, 0.25) is 11.8 Å². The molecular weight excluding hydrogens is 528 g/mol. The average molecular weight is 567 g/mol. The van der Waals surface area contributed by atoms with Gasteiger partial charge in [0.1, 0.15) is 5.75 Å². The second kappa shape index (κ2) is 13.6. The molecule has 3 aromatic carbocycles. The Morgan fingerprint density at radius 1 is 0.929 bits per heavy atom. The summed E-state index contributed by atoms with van der Waals surface area (Å²) in [6.07, 6.45) is 1.19. The van der Waals surface area contributed by atoms with Crippen LogP contribution < -0.4 is 15.4 Å². The summed E-state index contributed by atoms with van der Waals surface area (Å²) in [6, 6.07) is 25.9. The van der Waals surface area contributed by atoms with Gasteiger partial charge in [-0.2, -0.15) is 0 Å². The Bertz CT molecular complexity index is 1530. The lowest BCUT2D eigenvalue weighted by Crippen LogP contribution is -2.25. The van der Waals surface area contributed by atoms with Gasteiger partial charge in [-0.1, -0.05) is 60.7 Å². The average Bonchev–Trinajstić information content (AvgIpc) is 3.42. The predicted molar refractivity (Wildman–Crippen MR) is 167 cm³/mol. The smallest absolute Gasteiger partial charge is 0.224 e. The van der Waals surface area contributed by atoms with Gasteiger partial charge >= 0.3 is 0 Å². The van der Waals surface area contributed by atoms with Crippen LogP contribution in [0.1, 0.15) is 31.2 Å². The molecule has 1 fully saturated rings. The molecule has 0 radical (unpaired) electrons. The normalized spacial score (nSPS) is 16.8. The van der Waals surface area contributed by atoms with Gasteiger partial charge in [0.25, 0.3) is 0 Å². The zero-order valence-corrected chi connectivity index (χ0v) is 24.4. The number of fused-ring (bicyclic) bond motifs is 1.